The minimum absolute atomic E-state index is 0.0397. The molecule has 0 amide bonds. The van der Waals surface area contributed by atoms with Gasteiger partial charge in [-0.05, 0) is 64.8 Å². The van der Waals surface area contributed by atoms with Crippen LogP contribution >= 0.6 is 0 Å². The van der Waals surface area contributed by atoms with Gasteiger partial charge in [-0.1, -0.05) is 130 Å². The maximum atomic E-state index is 5.78. The SMILES string of the molecule is CC.CC(C)(/C=C/O/C=C/C(C)(C)CC(C)(C)c1ccccc1)CC(C)(C)c1ccccc1.CN. The molecule has 0 unspecified atom stereocenters. The summed E-state index contributed by atoms with van der Waals surface area (Å²) in [6.45, 7) is 22.3. The molecule has 0 saturated carbocycles. The Bertz CT molecular complexity index is 785. The molecule has 2 rings (SSSR count). The number of hydrogen-bond acceptors (Lipinski definition) is 2. The fourth-order valence-electron chi connectivity index (χ4n) is 4.87. The van der Waals surface area contributed by atoms with Gasteiger partial charge in [0, 0.05) is 0 Å². The summed E-state index contributed by atoms with van der Waals surface area (Å²) < 4.78 is 5.78. The molecule has 0 atom stereocenters. The van der Waals surface area contributed by atoms with Crippen molar-refractivity contribution in [2.45, 2.75) is 92.9 Å². The molecular formula is C33H53NO. The van der Waals surface area contributed by atoms with Gasteiger partial charge in [0.05, 0.1) is 12.5 Å². The van der Waals surface area contributed by atoms with E-state index in [9.17, 15) is 0 Å². The molecule has 2 aromatic carbocycles. The first kappa shape index (κ1) is 32.7. The summed E-state index contributed by atoms with van der Waals surface area (Å²) in [5, 5.41) is 0. The van der Waals surface area contributed by atoms with Crippen LogP contribution in [-0.2, 0) is 15.6 Å². The number of hydrogen-bond donors (Lipinski definition) is 1. The van der Waals surface area contributed by atoms with Gasteiger partial charge in [0.2, 0.25) is 0 Å². The van der Waals surface area contributed by atoms with Gasteiger partial charge >= 0.3 is 0 Å². The van der Waals surface area contributed by atoms with Crippen LogP contribution in [0.4, 0.5) is 0 Å². The third-order valence-electron chi connectivity index (χ3n) is 6.10. The van der Waals surface area contributed by atoms with Crippen molar-refractivity contribution < 1.29 is 4.74 Å². The Labute approximate surface area is 217 Å². The van der Waals surface area contributed by atoms with Gasteiger partial charge in [-0.15, -0.1) is 0 Å². The number of nitrogens with two attached hydrogens (primary N) is 1. The van der Waals surface area contributed by atoms with Crippen LogP contribution in [0.2, 0.25) is 0 Å². The maximum Gasteiger partial charge on any atom is 0.0866 e. The summed E-state index contributed by atoms with van der Waals surface area (Å²) in [5.41, 5.74) is 7.54. The summed E-state index contributed by atoms with van der Waals surface area (Å²) >= 11 is 0. The third-order valence-corrected chi connectivity index (χ3v) is 6.10. The predicted molar refractivity (Wildman–Crippen MR) is 157 cm³/mol. The Kier molecular flexibility index (Phi) is 13.9. The van der Waals surface area contributed by atoms with E-state index in [1.54, 1.807) is 0 Å². The van der Waals surface area contributed by atoms with E-state index >= 15 is 0 Å². The summed E-state index contributed by atoms with van der Waals surface area (Å²) in [7, 11) is 1.50. The first-order valence-electron chi connectivity index (χ1n) is 13.0. The summed E-state index contributed by atoms with van der Waals surface area (Å²) in [6, 6.07) is 21.5. The Morgan fingerprint density at radius 1 is 0.571 bits per heavy atom. The molecule has 0 aromatic heterocycles. The van der Waals surface area contributed by atoms with Crippen molar-refractivity contribution >= 4 is 0 Å². The highest BCUT2D eigenvalue weighted by atomic mass is 16.5. The molecule has 0 bridgehead atoms. The monoisotopic (exact) mass is 479 g/mol. The van der Waals surface area contributed by atoms with Crippen LogP contribution in [0.1, 0.15) is 93.2 Å². The van der Waals surface area contributed by atoms with E-state index in [0.717, 1.165) is 12.8 Å². The lowest BCUT2D eigenvalue weighted by molar-refractivity contribution is 0.299. The summed E-state index contributed by atoms with van der Waals surface area (Å²) in [4.78, 5) is 0. The van der Waals surface area contributed by atoms with E-state index in [1.165, 1.54) is 18.2 Å². The minimum Gasteiger partial charge on any atom is -0.473 e. The lowest BCUT2D eigenvalue weighted by Gasteiger charge is -2.33. The second kappa shape index (κ2) is 14.9. The van der Waals surface area contributed by atoms with Gasteiger partial charge in [0.25, 0.3) is 0 Å². The van der Waals surface area contributed by atoms with Crippen LogP contribution in [-0.4, -0.2) is 7.05 Å². The van der Waals surface area contributed by atoms with Gasteiger partial charge in [-0.25, -0.2) is 0 Å². The summed E-state index contributed by atoms with van der Waals surface area (Å²) in [6.07, 6.45) is 10.1. The normalized spacial score (nSPS) is 12.6. The molecule has 2 nitrogen and oxygen atoms in total. The van der Waals surface area contributed by atoms with Crippen molar-refractivity contribution in [3.8, 4) is 0 Å². The molecule has 2 heteroatoms. The topological polar surface area (TPSA) is 35.2 Å². The Hall–Kier alpha value is -2.32. The van der Waals surface area contributed by atoms with E-state index in [0.29, 0.717) is 0 Å². The zero-order chi connectivity index (χ0) is 27.2. The Balaban J connectivity index is 0.00000274. The highest BCUT2D eigenvalue weighted by Crippen LogP contribution is 2.38. The lowest BCUT2D eigenvalue weighted by Crippen LogP contribution is -2.25. The van der Waals surface area contributed by atoms with Gasteiger partial charge in [-0.2, -0.15) is 0 Å². The molecule has 0 aliphatic rings. The molecule has 196 valence electrons. The molecule has 0 heterocycles. The quantitative estimate of drug-likeness (QED) is 0.344. The molecule has 0 radical (unpaired) electrons. The second-order valence-corrected chi connectivity index (χ2v) is 11.6. The van der Waals surface area contributed by atoms with Crippen molar-refractivity contribution in [2.75, 3.05) is 7.05 Å². The average molecular weight is 480 g/mol. The van der Waals surface area contributed by atoms with Crippen molar-refractivity contribution in [1.29, 1.82) is 0 Å². The van der Waals surface area contributed by atoms with Crippen molar-refractivity contribution in [1.82, 2.24) is 0 Å². The molecule has 0 spiro atoms. The van der Waals surface area contributed by atoms with E-state index in [-0.39, 0.29) is 21.7 Å². The smallest absolute Gasteiger partial charge is 0.0866 e. The predicted octanol–water partition coefficient (Wildman–Crippen LogP) is 9.42. The zero-order valence-corrected chi connectivity index (χ0v) is 24.5. The molecule has 2 N–H and O–H groups in total. The van der Waals surface area contributed by atoms with Crippen LogP contribution in [0.25, 0.3) is 0 Å². The van der Waals surface area contributed by atoms with Gasteiger partial charge in [-0.3, -0.25) is 0 Å². The highest BCUT2D eigenvalue weighted by molar-refractivity contribution is 5.25. The lowest BCUT2D eigenvalue weighted by atomic mass is 9.71. The van der Waals surface area contributed by atoms with E-state index < -0.39 is 0 Å². The van der Waals surface area contributed by atoms with Crippen LogP contribution in [0.15, 0.2) is 85.3 Å². The maximum absolute atomic E-state index is 5.78. The molecule has 35 heavy (non-hydrogen) atoms. The highest BCUT2D eigenvalue weighted by Gasteiger charge is 2.29. The van der Waals surface area contributed by atoms with E-state index in [2.05, 4.69) is 134 Å². The van der Waals surface area contributed by atoms with Crippen LogP contribution in [0.5, 0.6) is 0 Å². The number of allylic oxidation sites excluding steroid dienone is 2. The van der Waals surface area contributed by atoms with Crippen molar-refractivity contribution in [3.63, 3.8) is 0 Å². The Morgan fingerprint density at radius 2 is 0.857 bits per heavy atom. The molecular weight excluding hydrogens is 426 g/mol. The molecule has 0 aliphatic carbocycles. The zero-order valence-electron chi connectivity index (χ0n) is 24.5. The number of ether oxygens (including phenoxy) is 1. The van der Waals surface area contributed by atoms with Gasteiger partial charge in [0.15, 0.2) is 0 Å². The minimum atomic E-state index is 0.0397. The van der Waals surface area contributed by atoms with Crippen LogP contribution in [0, 0.1) is 10.8 Å². The Morgan fingerprint density at radius 3 is 1.14 bits per heavy atom. The van der Waals surface area contributed by atoms with E-state index in [4.69, 9.17) is 4.74 Å². The molecule has 0 saturated heterocycles. The third kappa shape index (κ3) is 12.3. The van der Waals surface area contributed by atoms with Crippen LogP contribution < -0.4 is 5.73 Å². The van der Waals surface area contributed by atoms with Gasteiger partial charge in [0.1, 0.15) is 0 Å². The molecule has 2 aromatic rings. The second-order valence-electron chi connectivity index (χ2n) is 11.6. The fraction of sp³-hybridized carbons (Fsp3) is 0.515. The largest absolute Gasteiger partial charge is 0.473 e. The first-order valence-corrected chi connectivity index (χ1v) is 13.0. The van der Waals surface area contributed by atoms with E-state index in [1.807, 2.05) is 26.4 Å². The van der Waals surface area contributed by atoms with Crippen molar-refractivity contribution in [3.05, 3.63) is 96.5 Å². The fourth-order valence-corrected chi connectivity index (χ4v) is 4.87. The van der Waals surface area contributed by atoms with Crippen molar-refractivity contribution in [2.24, 2.45) is 16.6 Å². The number of benzene rings is 2. The van der Waals surface area contributed by atoms with Gasteiger partial charge < -0.3 is 10.5 Å². The first-order chi connectivity index (χ1) is 16.3. The average Bonchev–Trinajstić information content (AvgIpc) is 2.81. The number of rotatable bonds is 10. The summed E-state index contributed by atoms with van der Waals surface area (Å²) in [5.74, 6) is 0. The van der Waals surface area contributed by atoms with Crippen LogP contribution in [0.3, 0.4) is 0 Å². The molecule has 0 fully saturated rings. The standard InChI is InChI=1S/C30H42O.C2H6.CH5N/c1-27(2,23-29(5,6)25-15-11-9-12-16-25)19-21-31-22-20-28(3,4)24-30(7,8)26-17-13-10-14-18-26;2*1-2/h9-22H,23-24H2,1-8H3;1-2H3;2H2,1H3/b21-19+,22-20+;;. The molecule has 0 aliphatic heterocycles.